The first-order valence-electron chi connectivity index (χ1n) is 3.02. The fourth-order valence-corrected chi connectivity index (χ4v) is 0.755. The van der Waals surface area contributed by atoms with Gasteiger partial charge < -0.3 is 4.74 Å². The second-order valence-electron chi connectivity index (χ2n) is 1.93. The van der Waals surface area contributed by atoms with Gasteiger partial charge in [0, 0.05) is 0 Å². The third kappa shape index (κ3) is 1.30. The Labute approximate surface area is 63.8 Å². The lowest BCUT2D eigenvalue weighted by atomic mass is 10.2. The summed E-state index contributed by atoms with van der Waals surface area (Å²) in [6, 6.07) is 6.15. The smallest absolute Gasteiger partial charge is 0.182 e. The maximum Gasteiger partial charge on any atom is 0.182 e. The largest absolute Gasteiger partial charge is 0.494 e. The lowest BCUT2D eigenvalue weighted by Crippen LogP contribution is -1.90. The minimum atomic E-state index is -0.600. The minimum absolute atomic E-state index is 0.00403. The van der Waals surface area contributed by atoms with Crippen LogP contribution in [0.5, 0.6) is 5.75 Å². The van der Waals surface area contributed by atoms with E-state index in [1.165, 1.54) is 19.2 Å². The Kier molecular flexibility index (Phi) is 2.07. The molecular formula is C8H6FNO. The second kappa shape index (κ2) is 3.02. The fourth-order valence-electron chi connectivity index (χ4n) is 0.755. The normalized spacial score (nSPS) is 8.82. The van der Waals surface area contributed by atoms with E-state index >= 15 is 0 Å². The van der Waals surface area contributed by atoms with Gasteiger partial charge in [-0.3, -0.25) is 0 Å². The van der Waals surface area contributed by atoms with E-state index in [0.717, 1.165) is 0 Å². The van der Waals surface area contributed by atoms with Crippen molar-refractivity contribution >= 4 is 0 Å². The highest BCUT2D eigenvalue weighted by molar-refractivity contribution is 5.38. The van der Waals surface area contributed by atoms with Crippen LogP contribution in [-0.2, 0) is 0 Å². The molecule has 0 fully saturated rings. The average Bonchev–Trinajstić information content (AvgIpc) is 2.05. The summed E-state index contributed by atoms with van der Waals surface area (Å²) in [5.41, 5.74) is 0.00403. The lowest BCUT2D eigenvalue weighted by Gasteiger charge is -2.00. The van der Waals surface area contributed by atoms with Crippen LogP contribution in [-0.4, -0.2) is 7.11 Å². The molecule has 11 heavy (non-hydrogen) atoms. The van der Waals surface area contributed by atoms with Crippen molar-refractivity contribution < 1.29 is 9.13 Å². The highest BCUT2D eigenvalue weighted by Gasteiger charge is 2.05. The van der Waals surface area contributed by atoms with Gasteiger partial charge in [0.1, 0.15) is 6.07 Å². The molecule has 56 valence electrons. The summed E-state index contributed by atoms with van der Waals surface area (Å²) in [4.78, 5) is 0. The number of nitriles is 1. The van der Waals surface area contributed by atoms with Crippen LogP contribution in [0, 0.1) is 17.1 Å². The van der Waals surface area contributed by atoms with Crippen LogP contribution in [0.2, 0.25) is 0 Å². The topological polar surface area (TPSA) is 33.0 Å². The Hall–Kier alpha value is -1.56. The number of halogens is 1. The minimum Gasteiger partial charge on any atom is -0.494 e. The predicted molar refractivity (Wildman–Crippen MR) is 37.7 cm³/mol. The Bertz CT molecular complexity index is 303. The van der Waals surface area contributed by atoms with Crippen molar-refractivity contribution in [3.8, 4) is 11.8 Å². The van der Waals surface area contributed by atoms with E-state index in [9.17, 15) is 4.39 Å². The van der Waals surface area contributed by atoms with Crippen molar-refractivity contribution in [3.63, 3.8) is 0 Å². The average molecular weight is 151 g/mol. The van der Waals surface area contributed by atoms with E-state index in [-0.39, 0.29) is 11.3 Å². The SMILES string of the molecule is COc1cccc(C#N)c1F. The first-order valence-corrected chi connectivity index (χ1v) is 3.02. The van der Waals surface area contributed by atoms with Gasteiger partial charge in [0.25, 0.3) is 0 Å². The van der Waals surface area contributed by atoms with Crippen molar-refractivity contribution in [1.82, 2.24) is 0 Å². The monoisotopic (exact) mass is 151 g/mol. The molecular weight excluding hydrogens is 145 g/mol. The fraction of sp³-hybridized carbons (Fsp3) is 0.125. The van der Waals surface area contributed by atoms with Gasteiger partial charge in [0.15, 0.2) is 11.6 Å². The Morgan fingerprint density at radius 3 is 2.82 bits per heavy atom. The zero-order valence-electron chi connectivity index (χ0n) is 5.97. The number of methoxy groups -OCH3 is 1. The molecule has 0 aliphatic heterocycles. The van der Waals surface area contributed by atoms with E-state index < -0.39 is 5.82 Å². The molecule has 0 amide bonds. The number of ether oxygens (including phenoxy) is 1. The van der Waals surface area contributed by atoms with Gasteiger partial charge in [0.2, 0.25) is 0 Å². The molecule has 0 heterocycles. The van der Waals surface area contributed by atoms with Crippen molar-refractivity contribution in [1.29, 1.82) is 5.26 Å². The highest BCUT2D eigenvalue weighted by Crippen LogP contribution is 2.18. The summed E-state index contributed by atoms with van der Waals surface area (Å²) < 4.78 is 17.6. The van der Waals surface area contributed by atoms with Crippen molar-refractivity contribution in [2.24, 2.45) is 0 Å². The maximum absolute atomic E-state index is 12.9. The molecule has 0 radical (unpaired) electrons. The number of rotatable bonds is 1. The van der Waals surface area contributed by atoms with Crippen LogP contribution in [0.15, 0.2) is 18.2 Å². The van der Waals surface area contributed by atoms with Crippen LogP contribution < -0.4 is 4.74 Å². The van der Waals surface area contributed by atoms with E-state index in [0.29, 0.717) is 0 Å². The molecule has 0 spiro atoms. The maximum atomic E-state index is 12.9. The molecule has 0 N–H and O–H groups in total. The van der Waals surface area contributed by atoms with Crippen LogP contribution in [0.25, 0.3) is 0 Å². The molecule has 0 aliphatic carbocycles. The zero-order chi connectivity index (χ0) is 8.27. The zero-order valence-corrected chi connectivity index (χ0v) is 5.97. The van der Waals surface area contributed by atoms with Gasteiger partial charge in [0.05, 0.1) is 12.7 Å². The van der Waals surface area contributed by atoms with E-state index in [4.69, 9.17) is 5.26 Å². The molecule has 0 saturated carbocycles. The van der Waals surface area contributed by atoms with Gasteiger partial charge >= 0.3 is 0 Å². The molecule has 1 aromatic carbocycles. The third-order valence-electron chi connectivity index (χ3n) is 1.30. The van der Waals surface area contributed by atoms with Gasteiger partial charge in [-0.1, -0.05) is 6.07 Å². The molecule has 0 atom stereocenters. The molecule has 2 nitrogen and oxygen atoms in total. The number of hydrogen-bond acceptors (Lipinski definition) is 2. The summed E-state index contributed by atoms with van der Waals surface area (Å²) >= 11 is 0. The Morgan fingerprint density at radius 1 is 1.55 bits per heavy atom. The molecule has 3 heteroatoms. The predicted octanol–water partition coefficient (Wildman–Crippen LogP) is 1.71. The highest BCUT2D eigenvalue weighted by atomic mass is 19.1. The number of benzene rings is 1. The summed E-state index contributed by atoms with van der Waals surface area (Å²) in [5, 5.41) is 8.39. The number of hydrogen-bond donors (Lipinski definition) is 0. The summed E-state index contributed by atoms with van der Waals surface area (Å²) in [6.45, 7) is 0. The third-order valence-corrected chi connectivity index (χ3v) is 1.30. The molecule has 0 bridgehead atoms. The van der Waals surface area contributed by atoms with Gasteiger partial charge in [-0.15, -0.1) is 0 Å². The van der Waals surface area contributed by atoms with Crippen molar-refractivity contribution in [2.45, 2.75) is 0 Å². The molecule has 1 aromatic rings. The van der Waals surface area contributed by atoms with Crippen LogP contribution in [0.3, 0.4) is 0 Å². The summed E-state index contributed by atoms with van der Waals surface area (Å²) in [7, 11) is 1.36. The van der Waals surface area contributed by atoms with Gasteiger partial charge in [-0.25, -0.2) is 4.39 Å². The van der Waals surface area contributed by atoms with Gasteiger partial charge in [-0.05, 0) is 12.1 Å². The Morgan fingerprint density at radius 2 is 2.27 bits per heavy atom. The molecule has 0 saturated heterocycles. The standard InChI is InChI=1S/C8H6FNO/c1-11-7-4-2-3-6(5-10)8(7)9/h2-4H,1H3. The molecule has 0 aromatic heterocycles. The number of nitrogens with zero attached hydrogens (tertiary/aromatic N) is 1. The molecule has 0 unspecified atom stereocenters. The first-order chi connectivity index (χ1) is 5.29. The quantitative estimate of drug-likeness (QED) is 0.612. The van der Waals surface area contributed by atoms with Crippen LogP contribution in [0.4, 0.5) is 4.39 Å². The summed E-state index contributed by atoms with van der Waals surface area (Å²) in [6.07, 6.45) is 0. The Balaban J connectivity index is 3.23. The van der Waals surface area contributed by atoms with Crippen molar-refractivity contribution in [3.05, 3.63) is 29.6 Å². The van der Waals surface area contributed by atoms with Crippen molar-refractivity contribution in [2.75, 3.05) is 7.11 Å². The molecule has 1 rings (SSSR count). The van der Waals surface area contributed by atoms with Crippen LogP contribution in [0.1, 0.15) is 5.56 Å². The lowest BCUT2D eigenvalue weighted by molar-refractivity contribution is 0.386. The van der Waals surface area contributed by atoms with Crippen LogP contribution >= 0.6 is 0 Å². The van der Waals surface area contributed by atoms with E-state index in [1.807, 2.05) is 0 Å². The second-order valence-corrected chi connectivity index (χ2v) is 1.93. The van der Waals surface area contributed by atoms with E-state index in [2.05, 4.69) is 4.74 Å². The summed E-state index contributed by atoms with van der Waals surface area (Å²) in [5.74, 6) is -0.499. The molecule has 0 aliphatic rings. The first kappa shape index (κ1) is 7.55. The van der Waals surface area contributed by atoms with Gasteiger partial charge in [-0.2, -0.15) is 5.26 Å². The van der Waals surface area contributed by atoms with E-state index in [1.54, 1.807) is 12.1 Å².